The highest BCUT2D eigenvalue weighted by Crippen LogP contribution is 2.59. The molecule has 0 radical (unpaired) electrons. The van der Waals surface area contributed by atoms with Crippen molar-refractivity contribution in [1.82, 2.24) is 0 Å². The van der Waals surface area contributed by atoms with Gasteiger partial charge in [-0.3, -0.25) is 0 Å². The van der Waals surface area contributed by atoms with Gasteiger partial charge < -0.3 is 0 Å². The first-order valence-corrected chi connectivity index (χ1v) is 82.3. The van der Waals surface area contributed by atoms with Crippen LogP contribution in [-0.2, 0) is 0 Å². The lowest BCUT2D eigenvalue weighted by Gasteiger charge is -2.10. The first-order chi connectivity index (χ1) is 72.7. The zero-order valence-electron chi connectivity index (χ0n) is 86.1. The smallest absolute Gasteiger partial charge is 0.123 e. The van der Waals surface area contributed by atoms with E-state index in [-0.39, 0.29) is 11.6 Å². The predicted octanol–water partition coefficient (Wildman–Crippen LogP) is 48.4. The molecule has 15 rings (SSSR count). The third-order valence-corrected chi connectivity index (χ3v) is 63.2. The normalized spacial score (nSPS) is 11.2. The van der Waals surface area contributed by atoms with Crippen molar-refractivity contribution < 1.29 is 8.78 Å². The van der Waals surface area contributed by atoms with E-state index in [1.807, 2.05) is 386 Å². The summed E-state index contributed by atoms with van der Waals surface area (Å²) in [6.07, 6.45) is 4.41. The van der Waals surface area contributed by atoms with Crippen LogP contribution >= 0.6 is 409 Å². The molecule has 0 saturated heterocycles. The van der Waals surface area contributed by atoms with Crippen LogP contribution in [0.5, 0.6) is 0 Å². The van der Waals surface area contributed by atoms with Crippen LogP contribution in [0.2, 0.25) is 0 Å². The maximum Gasteiger partial charge on any atom is 0.123 e. The quantitative estimate of drug-likeness (QED) is 0.0202. The number of aryl methyl sites for hydroxylation is 10. The molecule has 37 heteroatoms. The fourth-order valence-corrected chi connectivity index (χ4v) is 54.9. The molecule has 0 saturated carbocycles. The second kappa shape index (κ2) is 75.7. The number of hydrogen-bond acceptors (Lipinski definition) is 35. The number of thioether (sulfide) groups is 28. The second-order valence-corrected chi connectivity index (χ2v) is 74.0. The van der Waals surface area contributed by atoms with E-state index in [4.69, 9.17) is 0 Å². The molecule has 0 aliphatic carbocycles. The molecule has 0 bridgehead atoms. The highest BCUT2D eigenvalue weighted by atomic mass is 32.2. The van der Waals surface area contributed by atoms with Crippen molar-refractivity contribution in [3.8, 4) is 19.5 Å². The molecule has 0 aliphatic rings. The lowest BCUT2D eigenvalue weighted by molar-refractivity contribution is 0.626. The summed E-state index contributed by atoms with van der Waals surface area (Å²) >= 11 is 68.8. The number of thiophene rings is 7. The fourth-order valence-electron chi connectivity index (χ4n) is 13.4. The average Bonchev–Trinajstić information content (AvgIpc) is 1.62. The summed E-state index contributed by atoms with van der Waals surface area (Å²) in [5.74, 6) is 8.91. The largest absolute Gasteiger partial charge is 0.207 e. The van der Waals surface area contributed by atoms with Crippen LogP contribution in [0.15, 0.2) is 338 Å². The predicted molar refractivity (Wildman–Crippen MR) is 733 cm³/mol. The lowest BCUT2D eigenvalue weighted by atomic mass is 10.3. The van der Waals surface area contributed by atoms with E-state index in [1.165, 1.54) is 208 Å². The molecule has 7 heterocycles. The molecule has 15 aromatic rings. The molecule has 0 aliphatic heterocycles. The molecule has 0 fully saturated rings. The first kappa shape index (κ1) is 130. The molecule has 0 nitrogen and oxygen atoms in total. The number of benzene rings is 8. The van der Waals surface area contributed by atoms with E-state index < -0.39 is 0 Å². The Morgan fingerprint density at radius 1 is 0.168 bits per heavy atom. The van der Waals surface area contributed by atoms with Crippen LogP contribution < -0.4 is 0 Å². The van der Waals surface area contributed by atoms with E-state index in [0.717, 1.165) is 99.6 Å². The molecule has 149 heavy (non-hydrogen) atoms. The Morgan fingerprint density at radius 2 is 0.329 bits per heavy atom. The maximum absolute atomic E-state index is 13.0. The SMILES string of the molecule is CCSCSc1c(C)sc(-c2sc(C)c(SCSC)c2SCSC)c1SCSCC.CCSCSc1c(C)sc(-c2sc(C)c(SCSc3ccccc3)c2SCSc2ccccc2)c1SCSCC.Cc1sc(C)c(SCCSc2ccccc2)c1SCCSc1ccccc1.Cc1sc(C)c(SCSc2ccc(F)cc2)c1SCSc1ccc(F)cc1.Cc1sc(C)c(SCSc2ccccc2)c1SCSc1ccccc1. The van der Waals surface area contributed by atoms with E-state index in [0.29, 0.717) is 0 Å². The Morgan fingerprint density at radius 3 is 0.550 bits per heavy atom. The minimum atomic E-state index is -0.200. The van der Waals surface area contributed by atoms with Gasteiger partial charge in [0.2, 0.25) is 0 Å². The van der Waals surface area contributed by atoms with Gasteiger partial charge in [-0.15, -0.1) is 338 Å². The van der Waals surface area contributed by atoms with Gasteiger partial charge in [0.05, 0.1) is 19.5 Å². The van der Waals surface area contributed by atoms with Crippen molar-refractivity contribution in [1.29, 1.82) is 0 Å². The van der Waals surface area contributed by atoms with Crippen molar-refractivity contribution >= 4 is 409 Å². The maximum atomic E-state index is 13.0. The summed E-state index contributed by atoms with van der Waals surface area (Å²) < 4.78 is 26.0. The second-order valence-electron chi connectivity index (χ2n) is 30.9. The van der Waals surface area contributed by atoms with E-state index >= 15 is 0 Å². The van der Waals surface area contributed by atoms with Gasteiger partial charge in [-0.05, 0) is 226 Å². The van der Waals surface area contributed by atoms with Crippen molar-refractivity contribution in [2.75, 3.05) is 120 Å². The van der Waals surface area contributed by atoms with Crippen molar-refractivity contribution in [3.05, 3.63) is 291 Å². The van der Waals surface area contributed by atoms with Crippen LogP contribution in [0, 0.1) is 80.9 Å². The standard InChI is InChI=1S/C30H34S10.C22H24S5.C20H18F2S5.C20H30S10.C20H20S5/c1-5-31-17-35-25-21(3)39-29(27(25)36-18-32-6-2)30-28(38-20-34-24-15-11-8-12-16-24)26(22(4)40-30)37-19-33-23-13-9-7-10-14-23;1-17-21(25-15-13-23-19-9-5-3-6-10-19)22(18(2)27-17)26-16-14-24-20-11-7-4-8-12-20;1-13-19(25-11-23-17-7-3-15(21)4-8-17)20(14(2)27-13)26-12-24-18-9-5-16(22)6-10-18;1-7-23-11-27-16-14(4)30-20(18(16)28-12-24-8-2)19-17(26-10-22-6)15(13(3)29-19)25-9-21-5;1-15-19(23-13-21-17-9-5-3-6-10-17)20(16(2)25-15)24-14-22-18-11-7-4-8-12-18/h7-16H,5-6,17-20H2,1-4H3;3-12H,13-16H2,1-2H3;3-10H,11-12H2,1-2H3;7-12H2,1-6H3;3-12H,13-14H2,1-2H3. The van der Waals surface area contributed by atoms with Gasteiger partial charge in [0.1, 0.15) is 11.6 Å². The molecule has 0 spiro atoms. The summed E-state index contributed by atoms with van der Waals surface area (Å²) in [6.45, 7) is 31.7. The van der Waals surface area contributed by atoms with Crippen molar-refractivity contribution in [2.24, 2.45) is 0 Å². The molecule has 8 aromatic carbocycles. The van der Waals surface area contributed by atoms with Gasteiger partial charge in [-0.25, -0.2) is 8.78 Å². The molecule has 0 amide bonds. The molecular weight excluding hydrogens is 2510 g/mol. The van der Waals surface area contributed by atoms with E-state index in [2.05, 4.69) is 315 Å². The van der Waals surface area contributed by atoms with Gasteiger partial charge in [-0.2, -0.15) is 70.6 Å². The van der Waals surface area contributed by atoms with E-state index in [9.17, 15) is 8.78 Å². The Kier molecular flexibility index (Phi) is 66.2. The fraction of sp³-hybridized carbons (Fsp3) is 0.321. The van der Waals surface area contributed by atoms with Gasteiger partial charge >= 0.3 is 0 Å². The van der Waals surface area contributed by atoms with Gasteiger partial charge in [0, 0.05) is 241 Å². The Bertz CT molecular complexity index is 6080. The van der Waals surface area contributed by atoms with Crippen LogP contribution in [0.3, 0.4) is 0 Å². The Balaban J connectivity index is 0.000000179. The third-order valence-electron chi connectivity index (χ3n) is 20.3. The zero-order chi connectivity index (χ0) is 106. The van der Waals surface area contributed by atoms with Crippen LogP contribution in [0.4, 0.5) is 8.78 Å². The molecule has 798 valence electrons. The number of hydrogen-bond donors (Lipinski definition) is 0. The van der Waals surface area contributed by atoms with Crippen molar-refractivity contribution in [2.45, 2.75) is 205 Å². The Labute approximate surface area is 1040 Å². The zero-order valence-corrected chi connectivity index (χ0v) is 115. The summed E-state index contributed by atoms with van der Waals surface area (Å²) in [5, 5.41) is 12.7. The first-order valence-electron chi connectivity index (χ1n) is 47.5. The van der Waals surface area contributed by atoms with Crippen LogP contribution in [-0.4, -0.2) is 120 Å². The molecule has 0 atom stereocenters. The van der Waals surface area contributed by atoms with Gasteiger partial charge in [0.25, 0.3) is 0 Å². The minimum absolute atomic E-state index is 0.200. The minimum Gasteiger partial charge on any atom is -0.207 e. The summed E-state index contributed by atoms with van der Waals surface area (Å²) in [7, 11) is 0. The average molecular weight is 2630 g/mol. The summed E-state index contributed by atoms with van der Waals surface area (Å²) in [4.78, 5) is 51.4. The highest BCUT2D eigenvalue weighted by molar-refractivity contribution is 8.22. The van der Waals surface area contributed by atoms with Crippen molar-refractivity contribution in [3.63, 3.8) is 0 Å². The lowest BCUT2D eigenvalue weighted by Crippen LogP contribution is -1.88. The monoisotopic (exact) mass is 2630 g/mol. The summed E-state index contributed by atoms with van der Waals surface area (Å²) in [6, 6.07) is 77.6. The van der Waals surface area contributed by atoms with Gasteiger partial charge in [-0.1, -0.05) is 137 Å². The number of halogens is 2. The van der Waals surface area contributed by atoms with E-state index in [1.54, 1.807) is 23.5 Å². The topological polar surface area (TPSA) is 0 Å². The van der Waals surface area contributed by atoms with Crippen LogP contribution in [0.25, 0.3) is 19.5 Å². The Hall–Kier alpha value is 1.32. The molecule has 7 aromatic heterocycles. The third kappa shape index (κ3) is 45.4. The van der Waals surface area contributed by atoms with Crippen LogP contribution in [0.1, 0.15) is 76.5 Å². The summed E-state index contributed by atoms with van der Waals surface area (Å²) in [5.41, 5.74) is 0. The highest BCUT2D eigenvalue weighted by Gasteiger charge is 2.29. The molecule has 0 N–H and O–H groups in total. The molecule has 0 unspecified atom stereocenters. The van der Waals surface area contributed by atoms with Gasteiger partial charge in [0.15, 0.2) is 0 Å². The molecular formula is C112H126F2S35. The number of rotatable bonds is 58.